The molecule has 1 aromatic heterocycles. The van der Waals surface area contributed by atoms with E-state index in [1.807, 2.05) is 20.8 Å². The maximum atomic E-state index is 12.0. The third kappa shape index (κ3) is 4.63. The van der Waals surface area contributed by atoms with Crippen molar-refractivity contribution >= 4 is 11.6 Å². The van der Waals surface area contributed by atoms with Gasteiger partial charge in [-0.2, -0.15) is 8.78 Å². The second-order valence-corrected chi connectivity index (χ2v) is 5.70. The van der Waals surface area contributed by atoms with Gasteiger partial charge in [-0.3, -0.25) is 15.6 Å². The van der Waals surface area contributed by atoms with E-state index in [1.165, 1.54) is 30.5 Å². The van der Waals surface area contributed by atoms with Crippen molar-refractivity contribution in [2.24, 2.45) is 0 Å². The number of hydrazine groups is 1. The van der Waals surface area contributed by atoms with E-state index >= 15 is 0 Å². The summed E-state index contributed by atoms with van der Waals surface area (Å²) in [6, 6.07) is 5.70. The number of alkyl halides is 2. The van der Waals surface area contributed by atoms with Gasteiger partial charge in [0.25, 0.3) is 5.91 Å². The van der Waals surface area contributed by atoms with Crippen molar-refractivity contribution in [1.29, 1.82) is 0 Å². The van der Waals surface area contributed by atoms with Crippen LogP contribution < -0.4 is 15.6 Å². The zero-order valence-electron chi connectivity index (χ0n) is 12.9. The molecule has 0 spiro atoms. The van der Waals surface area contributed by atoms with Crippen LogP contribution in [0.2, 0.25) is 0 Å². The number of nitrogens with zero attached hydrogens (tertiary/aromatic N) is 3. The Bertz CT molecular complexity index is 665. The van der Waals surface area contributed by atoms with Crippen LogP contribution in [0.15, 0.2) is 30.5 Å². The first-order chi connectivity index (χ1) is 10.8. The fourth-order valence-electron chi connectivity index (χ4n) is 1.61. The highest BCUT2D eigenvalue weighted by Gasteiger charge is 2.18. The Morgan fingerprint density at radius 2 is 1.91 bits per heavy atom. The predicted octanol–water partition coefficient (Wildman–Crippen LogP) is 2.39. The molecule has 0 saturated heterocycles. The third-order valence-corrected chi connectivity index (χ3v) is 2.81. The van der Waals surface area contributed by atoms with Gasteiger partial charge in [0.1, 0.15) is 5.75 Å². The molecule has 0 aliphatic rings. The summed E-state index contributed by atoms with van der Waals surface area (Å²) < 4.78 is 29.9. The van der Waals surface area contributed by atoms with Crippen molar-refractivity contribution < 1.29 is 18.3 Å². The second-order valence-electron chi connectivity index (χ2n) is 5.70. The van der Waals surface area contributed by atoms with Crippen LogP contribution in [-0.2, 0) is 5.54 Å². The zero-order chi connectivity index (χ0) is 17.0. The summed E-state index contributed by atoms with van der Waals surface area (Å²) in [4.78, 5) is 12.0. The van der Waals surface area contributed by atoms with Crippen molar-refractivity contribution in [3.8, 4) is 5.75 Å². The quantitative estimate of drug-likeness (QED) is 0.825. The second kappa shape index (κ2) is 6.59. The first-order valence-electron chi connectivity index (χ1n) is 6.80. The summed E-state index contributed by atoms with van der Waals surface area (Å²) in [6.07, 6.45) is 1.54. The van der Waals surface area contributed by atoms with Crippen LogP contribution in [0.4, 0.5) is 14.5 Å². The minimum absolute atomic E-state index is 0.0324. The molecule has 124 valence electrons. The van der Waals surface area contributed by atoms with Gasteiger partial charge in [0.15, 0.2) is 5.69 Å². The maximum Gasteiger partial charge on any atom is 0.387 e. The molecule has 2 rings (SSSR count). The normalized spacial score (nSPS) is 11.4. The Hall–Kier alpha value is -2.71. The molecule has 1 amide bonds. The topological polar surface area (TPSA) is 81.1 Å². The molecule has 1 aromatic carbocycles. The first-order valence-corrected chi connectivity index (χ1v) is 6.80. The Labute approximate surface area is 131 Å². The van der Waals surface area contributed by atoms with Gasteiger partial charge < -0.3 is 4.74 Å². The smallest absolute Gasteiger partial charge is 0.387 e. The fraction of sp³-hybridized carbons (Fsp3) is 0.357. The highest BCUT2D eigenvalue weighted by Crippen LogP contribution is 2.17. The molecule has 0 aliphatic heterocycles. The van der Waals surface area contributed by atoms with E-state index in [0.29, 0.717) is 5.69 Å². The fourth-order valence-corrected chi connectivity index (χ4v) is 1.61. The largest absolute Gasteiger partial charge is 0.435 e. The molecule has 23 heavy (non-hydrogen) atoms. The maximum absolute atomic E-state index is 12.0. The molecule has 9 heteroatoms. The number of carbonyl (C=O) groups is 1. The van der Waals surface area contributed by atoms with Crippen LogP contribution in [0, 0.1) is 0 Å². The van der Waals surface area contributed by atoms with E-state index in [2.05, 4.69) is 25.9 Å². The Morgan fingerprint density at radius 1 is 1.26 bits per heavy atom. The molecule has 2 N–H and O–H groups in total. The molecule has 7 nitrogen and oxygen atoms in total. The Morgan fingerprint density at radius 3 is 2.43 bits per heavy atom. The van der Waals surface area contributed by atoms with Crippen molar-refractivity contribution in [3.63, 3.8) is 0 Å². The number of hydrogen-bond acceptors (Lipinski definition) is 5. The molecule has 0 saturated carbocycles. The minimum Gasteiger partial charge on any atom is -0.435 e. The lowest BCUT2D eigenvalue weighted by Crippen LogP contribution is -2.29. The number of nitrogens with one attached hydrogen (secondary N) is 2. The van der Waals surface area contributed by atoms with Gasteiger partial charge in [-0.05, 0) is 45.0 Å². The lowest BCUT2D eigenvalue weighted by Gasteiger charge is -2.17. The van der Waals surface area contributed by atoms with Crippen LogP contribution in [0.5, 0.6) is 5.75 Å². The summed E-state index contributed by atoms with van der Waals surface area (Å²) in [7, 11) is 0. The van der Waals surface area contributed by atoms with E-state index in [9.17, 15) is 13.6 Å². The number of hydrogen-bond donors (Lipinski definition) is 2. The van der Waals surface area contributed by atoms with Crippen molar-refractivity contribution in [2.75, 3.05) is 5.43 Å². The SMILES string of the molecule is CC(C)(C)n1cc(C(=O)NNc2ccc(OC(F)F)cc2)nn1. The summed E-state index contributed by atoms with van der Waals surface area (Å²) in [5.74, 6) is -0.432. The molecule has 0 bridgehead atoms. The molecule has 0 atom stereocenters. The van der Waals surface area contributed by atoms with E-state index in [0.717, 1.165) is 0 Å². The Balaban J connectivity index is 1.92. The lowest BCUT2D eigenvalue weighted by molar-refractivity contribution is -0.0498. The third-order valence-electron chi connectivity index (χ3n) is 2.81. The van der Waals surface area contributed by atoms with Crippen LogP contribution in [0.3, 0.4) is 0 Å². The number of rotatable bonds is 5. The first kappa shape index (κ1) is 16.7. The van der Waals surface area contributed by atoms with Crippen LogP contribution >= 0.6 is 0 Å². The van der Waals surface area contributed by atoms with E-state index in [4.69, 9.17) is 0 Å². The molecule has 0 fully saturated rings. The van der Waals surface area contributed by atoms with Gasteiger partial charge in [-0.1, -0.05) is 5.21 Å². The molecular weight excluding hydrogens is 308 g/mol. The Kier molecular flexibility index (Phi) is 4.77. The number of halogens is 2. The van der Waals surface area contributed by atoms with Crippen molar-refractivity contribution in [1.82, 2.24) is 20.4 Å². The van der Waals surface area contributed by atoms with E-state index in [-0.39, 0.29) is 17.0 Å². The number of ether oxygens (including phenoxy) is 1. The average molecular weight is 325 g/mol. The van der Waals surface area contributed by atoms with Crippen LogP contribution in [-0.4, -0.2) is 27.5 Å². The highest BCUT2D eigenvalue weighted by atomic mass is 19.3. The molecule has 1 heterocycles. The van der Waals surface area contributed by atoms with Gasteiger partial charge in [-0.15, -0.1) is 5.10 Å². The monoisotopic (exact) mass is 325 g/mol. The number of anilines is 1. The molecule has 0 radical (unpaired) electrons. The minimum atomic E-state index is -2.88. The number of amides is 1. The number of benzene rings is 1. The van der Waals surface area contributed by atoms with Crippen molar-refractivity contribution in [3.05, 3.63) is 36.2 Å². The van der Waals surface area contributed by atoms with Gasteiger partial charge >= 0.3 is 6.61 Å². The summed E-state index contributed by atoms with van der Waals surface area (Å²) >= 11 is 0. The number of carbonyl (C=O) groups excluding carboxylic acids is 1. The summed E-state index contributed by atoms with van der Waals surface area (Å²) in [5, 5.41) is 7.69. The molecule has 0 unspecified atom stereocenters. The summed E-state index contributed by atoms with van der Waals surface area (Å²) in [6.45, 7) is 2.93. The van der Waals surface area contributed by atoms with Crippen LogP contribution in [0.1, 0.15) is 31.3 Å². The predicted molar refractivity (Wildman–Crippen MR) is 79.2 cm³/mol. The highest BCUT2D eigenvalue weighted by molar-refractivity contribution is 5.92. The van der Waals surface area contributed by atoms with Gasteiger partial charge in [0.05, 0.1) is 17.4 Å². The molecular formula is C14H17F2N5O2. The van der Waals surface area contributed by atoms with E-state index in [1.54, 1.807) is 4.68 Å². The van der Waals surface area contributed by atoms with Crippen LogP contribution in [0.25, 0.3) is 0 Å². The lowest BCUT2D eigenvalue weighted by atomic mass is 10.1. The standard InChI is InChI=1S/C14H17F2N5O2/c1-14(2,3)21-8-11(18-20-21)12(22)19-17-9-4-6-10(7-5-9)23-13(15)16/h4-8,13,17H,1-3H3,(H,19,22). The van der Waals surface area contributed by atoms with Crippen molar-refractivity contribution in [2.45, 2.75) is 32.9 Å². The van der Waals surface area contributed by atoms with Gasteiger partial charge in [-0.25, -0.2) is 4.68 Å². The molecule has 0 aliphatic carbocycles. The average Bonchev–Trinajstić information content (AvgIpc) is 2.95. The number of aromatic nitrogens is 3. The van der Waals surface area contributed by atoms with E-state index < -0.39 is 12.5 Å². The summed E-state index contributed by atoms with van der Waals surface area (Å²) in [5.41, 5.74) is 5.48. The molecule has 2 aromatic rings. The van der Waals surface area contributed by atoms with Gasteiger partial charge in [0, 0.05) is 0 Å². The zero-order valence-corrected chi connectivity index (χ0v) is 12.9. The van der Waals surface area contributed by atoms with Gasteiger partial charge in [0.2, 0.25) is 0 Å².